The summed E-state index contributed by atoms with van der Waals surface area (Å²) in [5, 5.41) is 0. The summed E-state index contributed by atoms with van der Waals surface area (Å²) < 4.78 is 5.35. The molecule has 0 aliphatic carbocycles. The van der Waals surface area contributed by atoms with E-state index in [1.54, 1.807) is 18.5 Å². The Balaban J connectivity index is 1.99. The predicted molar refractivity (Wildman–Crippen MR) is 81.6 cm³/mol. The summed E-state index contributed by atoms with van der Waals surface area (Å²) >= 11 is 1.54. The number of thioether (sulfide) groups is 1. The second kappa shape index (κ2) is 7.10. The molecule has 0 aliphatic rings. The van der Waals surface area contributed by atoms with Gasteiger partial charge in [-0.2, -0.15) is 0 Å². The Morgan fingerprint density at radius 2 is 2.15 bits per heavy atom. The van der Waals surface area contributed by atoms with Crippen LogP contribution in [0.5, 0.6) is 5.75 Å². The number of carbonyl (C=O) groups excluding carboxylic acids is 1. The van der Waals surface area contributed by atoms with Crippen LogP contribution in [-0.2, 0) is 0 Å². The second-order valence-corrected chi connectivity index (χ2v) is 5.42. The van der Waals surface area contributed by atoms with Crippen molar-refractivity contribution < 1.29 is 9.53 Å². The van der Waals surface area contributed by atoms with Gasteiger partial charge in [-0.15, -0.1) is 11.8 Å². The molecule has 4 heteroatoms. The van der Waals surface area contributed by atoms with Crippen LogP contribution in [0.3, 0.4) is 0 Å². The Bertz CT molecular complexity index is 599. The van der Waals surface area contributed by atoms with Gasteiger partial charge in [0.15, 0.2) is 5.78 Å². The van der Waals surface area contributed by atoms with Gasteiger partial charge in [-0.25, -0.2) is 0 Å². The maximum absolute atomic E-state index is 12.1. The number of nitrogens with zero attached hydrogens (tertiary/aromatic N) is 1. The zero-order chi connectivity index (χ0) is 14.4. The number of benzene rings is 1. The molecule has 0 saturated heterocycles. The van der Waals surface area contributed by atoms with E-state index >= 15 is 0 Å². The number of pyridine rings is 1. The number of aromatic nitrogens is 1. The largest absolute Gasteiger partial charge is 0.492 e. The Morgan fingerprint density at radius 1 is 1.30 bits per heavy atom. The third kappa shape index (κ3) is 4.10. The highest BCUT2D eigenvalue weighted by molar-refractivity contribution is 8.00. The Labute approximate surface area is 123 Å². The molecule has 0 amide bonds. The molecule has 0 unspecified atom stereocenters. The normalized spacial score (nSPS) is 10.3. The molecule has 0 spiro atoms. The topological polar surface area (TPSA) is 39.2 Å². The van der Waals surface area contributed by atoms with Gasteiger partial charge < -0.3 is 4.74 Å². The first kappa shape index (κ1) is 14.6. The SMILES string of the molecule is CCOc1cncc(C(=O)CSc2cccc(C)c2)c1. The van der Waals surface area contributed by atoms with Crippen molar-refractivity contribution in [2.75, 3.05) is 12.4 Å². The van der Waals surface area contributed by atoms with Crippen LogP contribution < -0.4 is 4.74 Å². The quantitative estimate of drug-likeness (QED) is 0.599. The smallest absolute Gasteiger partial charge is 0.174 e. The summed E-state index contributed by atoms with van der Waals surface area (Å²) in [5.41, 5.74) is 1.79. The van der Waals surface area contributed by atoms with Crippen molar-refractivity contribution in [2.45, 2.75) is 18.7 Å². The van der Waals surface area contributed by atoms with E-state index in [4.69, 9.17) is 4.74 Å². The fraction of sp³-hybridized carbons (Fsp3) is 0.250. The summed E-state index contributed by atoms with van der Waals surface area (Å²) in [6, 6.07) is 9.88. The highest BCUT2D eigenvalue weighted by Gasteiger charge is 2.08. The van der Waals surface area contributed by atoms with Crippen LogP contribution in [0.2, 0.25) is 0 Å². The van der Waals surface area contributed by atoms with Crippen molar-refractivity contribution in [3.05, 3.63) is 53.9 Å². The zero-order valence-electron chi connectivity index (χ0n) is 11.6. The molecule has 0 bridgehead atoms. The molecule has 104 valence electrons. The first-order valence-corrected chi connectivity index (χ1v) is 7.48. The van der Waals surface area contributed by atoms with E-state index in [0.29, 0.717) is 23.7 Å². The van der Waals surface area contributed by atoms with Gasteiger partial charge in [0.1, 0.15) is 5.75 Å². The molecule has 3 nitrogen and oxygen atoms in total. The van der Waals surface area contributed by atoms with Crippen molar-refractivity contribution in [3.63, 3.8) is 0 Å². The lowest BCUT2D eigenvalue weighted by Gasteiger charge is -2.05. The van der Waals surface area contributed by atoms with Crippen molar-refractivity contribution >= 4 is 17.5 Å². The van der Waals surface area contributed by atoms with Gasteiger partial charge in [0.05, 0.1) is 18.6 Å². The van der Waals surface area contributed by atoms with Gasteiger partial charge in [0.25, 0.3) is 0 Å². The lowest BCUT2D eigenvalue weighted by Crippen LogP contribution is -2.04. The molecule has 1 aromatic heterocycles. The van der Waals surface area contributed by atoms with Crippen LogP contribution in [-0.4, -0.2) is 23.1 Å². The number of ether oxygens (including phenoxy) is 1. The van der Waals surface area contributed by atoms with Crippen molar-refractivity contribution in [2.24, 2.45) is 0 Å². The van der Waals surface area contributed by atoms with Gasteiger partial charge in [0, 0.05) is 16.7 Å². The number of rotatable bonds is 6. The first-order valence-electron chi connectivity index (χ1n) is 6.49. The van der Waals surface area contributed by atoms with Gasteiger partial charge in [0.2, 0.25) is 0 Å². The standard InChI is InChI=1S/C16H17NO2S/c1-3-19-14-8-13(9-17-10-14)16(18)11-20-15-6-4-5-12(2)7-15/h4-10H,3,11H2,1-2H3. The lowest BCUT2D eigenvalue weighted by atomic mass is 10.2. The minimum atomic E-state index is 0.0607. The van der Waals surface area contributed by atoms with E-state index in [1.807, 2.05) is 32.0 Å². The minimum absolute atomic E-state index is 0.0607. The molecule has 0 fully saturated rings. The summed E-state index contributed by atoms with van der Waals surface area (Å²) in [4.78, 5) is 17.3. The fourth-order valence-electron chi connectivity index (χ4n) is 1.75. The Kier molecular flexibility index (Phi) is 5.18. The third-order valence-electron chi connectivity index (χ3n) is 2.71. The molecule has 1 heterocycles. The summed E-state index contributed by atoms with van der Waals surface area (Å²) in [7, 11) is 0. The molecular formula is C16H17NO2S. The molecule has 0 aliphatic heterocycles. The van der Waals surface area contributed by atoms with Gasteiger partial charge in [-0.05, 0) is 32.0 Å². The van der Waals surface area contributed by atoms with E-state index in [0.717, 1.165) is 4.90 Å². The van der Waals surface area contributed by atoms with Crippen LogP contribution in [0.4, 0.5) is 0 Å². The summed E-state index contributed by atoms with van der Waals surface area (Å²) in [5.74, 6) is 1.10. The molecule has 0 N–H and O–H groups in total. The van der Waals surface area contributed by atoms with Crippen LogP contribution in [0.25, 0.3) is 0 Å². The van der Waals surface area contributed by atoms with Gasteiger partial charge >= 0.3 is 0 Å². The molecule has 2 rings (SSSR count). The Morgan fingerprint density at radius 3 is 2.90 bits per heavy atom. The number of ketones is 1. The molecule has 20 heavy (non-hydrogen) atoms. The zero-order valence-corrected chi connectivity index (χ0v) is 12.4. The molecule has 0 radical (unpaired) electrons. The monoisotopic (exact) mass is 287 g/mol. The highest BCUT2D eigenvalue weighted by Crippen LogP contribution is 2.21. The van der Waals surface area contributed by atoms with Crippen molar-refractivity contribution in [1.82, 2.24) is 4.98 Å². The lowest BCUT2D eigenvalue weighted by molar-refractivity contribution is 0.102. The number of hydrogen-bond donors (Lipinski definition) is 0. The molecule has 2 aromatic rings. The van der Waals surface area contributed by atoms with Crippen LogP contribution in [0, 0.1) is 6.92 Å². The van der Waals surface area contributed by atoms with Crippen LogP contribution in [0.15, 0.2) is 47.6 Å². The number of Topliss-reactive ketones (excluding diaryl/α,β-unsaturated/α-hetero) is 1. The van der Waals surface area contributed by atoms with Crippen LogP contribution >= 0.6 is 11.8 Å². The van der Waals surface area contributed by atoms with E-state index in [9.17, 15) is 4.79 Å². The average molecular weight is 287 g/mol. The maximum Gasteiger partial charge on any atom is 0.174 e. The van der Waals surface area contributed by atoms with E-state index in [2.05, 4.69) is 11.1 Å². The molecule has 0 atom stereocenters. The minimum Gasteiger partial charge on any atom is -0.492 e. The first-order chi connectivity index (χ1) is 9.69. The third-order valence-corrected chi connectivity index (χ3v) is 3.70. The van der Waals surface area contributed by atoms with Gasteiger partial charge in [-0.3, -0.25) is 9.78 Å². The van der Waals surface area contributed by atoms with Crippen molar-refractivity contribution in [1.29, 1.82) is 0 Å². The molecule has 1 aromatic carbocycles. The molecule has 0 saturated carbocycles. The summed E-state index contributed by atoms with van der Waals surface area (Å²) in [6.07, 6.45) is 3.20. The van der Waals surface area contributed by atoms with Crippen molar-refractivity contribution in [3.8, 4) is 5.75 Å². The average Bonchev–Trinajstić information content (AvgIpc) is 2.45. The van der Waals surface area contributed by atoms with Gasteiger partial charge in [-0.1, -0.05) is 17.7 Å². The second-order valence-electron chi connectivity index (χ2n) is 4.37. The number of aryl methyl sites for hydroxylation is 1. The van der Waals surface area contributed by atoms with Crippen LogP contribution in [0.1, 0.15) is 22.8 Å². The summed E-state index contributed by atoms with van der Waals surface area (Å²) in [6.45, 7) is 4.51. The van der Waals surface area contributed by atoms with E-state index in [-0.39, 0.29) is 5.78 Å². The van der Waals surface area contributed by atoms with E-state index in [1.165, 1.54) is 17.3 Å². The maximum atomic E-state index is 12.1. The predicted octanol–water partition coefficient (Wildman–Crippen LogP) is 3.76. The fourth-order valence-corrected chi connectivity index (χ4v) is 2.66. The molecular weight excluding hydrogens is 270 g/mol. The Hall–Kier alpha value is -1.81. The number of hydrogen-bond acceptors (Lipinski definition) is 4. The highest BCUT2D eigenvalue weighted by atomic mass is 32.2. The number of carbonyl (C=O) groups is 1. The van der Waals surface area contributed by atoms with E-state index < -0.39 is 0 Å².